The maximum absolute atomic E-state index is 12.0. The van der Waals surface area contributed by atoms with Gasteiger partial charge < -0.3 is 0 Å². The zero-order valence-corrected chi connectivity index (χ0v) is 14.1. The van der Waals surface area contributed by atoms with Gasteiger partial charge >= 0.3 is 0 Å². The Kier molecular flexibility index (Phi) is 8.08. The van der Waals surface area contributed by atoms with Crippen molar-refractivity contribution in [2.24, 2.45) is 0 Å². The van der Waals surface area contributed by atoms with Gasteiger partial charge in [-0.1, -0.05) is 60.1 Å². The molecule has 0 aromatic heterocycles. The fraction of sp³-hybridized carbons (Fsp3) is 0.500. The molecule has 20 heavy (non-hydrogen) atoms. The summed E-state index contributed by atoms with van der Waals surface area (Å²) < 4.78 is 0.821. The maximum atomic E-state index is 12.0. The number of halogens is 2. The fourth-order valence-electron chi connectivity index (χ4n) is 2.00. The van der Waals surface area contributed by atoms with E-state index in [9.17, 15) is 9.59 Å². The first-order valence-electron chi connectivity index (χ1n) is 7.04. The van der Waals surface area contributed by atoms with Gasteiger partial charge in [0.1, 0.15) is 5.78 Å². The van der Waals surface area contributed by atoms with Crippen molar-refractivity contribution in [3.8, 4) is 0 Å². The highest BCUT2D eigenvalue weighted by atomic mass is 79.9. The molecule has 0 aliphatic heterocycles. The number of Topliss-reactive ketones (excluding diaryl/α,β-unsaturated/α-hetero) is 2. The third kappa shape index (κ3) is 6.19. The third-order valence-electron chi connectivity index (χ3n) is 3.15. The SMILES string of the molecule is CCCCCCCC(=O)CC(=O)c1ccc(Br)cc1Cl. The second-order valence-electron chi connectivity index (χ2n) is 4.93. The van der Waals surface area contributed by atoms with E-state index in [0.29, 0.717) is 17.0 Å². The minimum atomic E-state index is -0.193. The van der Waals surface area contributed by atoms with E-state index >= 15 is 0 Å². The first kappa shape index (κ1) is 17.4. The molecule has 4 heteroatoms. The smallest absolute Gasteiger partial charge is 0.171 e. The van der Waals surface area contributed by atoms with Crippen LogP contribution in [0.5, 0.6) is 0 Å². The number of rotatable bonds is 9. The summed E-state index contributed by atoms with van der Waals surface area (Å²) in [4.78, 5) is 23.8. The second-order valence-corrected chi connectivity index (χ2v) is 6.25. The lowest BCUT2D eigenvalue weighted by Crippen LogP contribution is -2.08. The first-order valence-corrected chi connectivity index (χ1v) is 8.21. The number of hydrogen-bond donors (Lipinski definition) is 0. The van der Waals surface area contributed by atoms with Gasteiger partial charge in [0, 0.05) is 16.5 Å². The molecule has 2 nitrogen and oxygen atoms in total. The lowest BCUT2D eigenvalue weighted by atomic mass is 10.0. The number of benzene rings is 1. The molecule has 0 N–H and O–H groups in total. The Hall–Kier alpha value is -0.670. The summed E-state index contributed by atoms with van der Waals surface area (Å²) >= 11 is 9.30. The van der Waals surface area contributed by atoms with E-state index in [-0.39, 0.29) is 18.0 Å². The van der Waals surface area contributed by atoms with Crippen LogP contribution >= 0.6 is 27.5 Å². The highest BCUT2D eigenvalue weighted by Gasteiger charge is 2.14. The molecular formula is C16H20BrClO2. The molecule has 0 radical (unpaired) electrons. The summed E-state index contributed by atoms with van der Waals surface area (Å²) in [6.07, 6.45) is 5.94. The summed E-state index contributed by atoms with van der Waals surface area (Å²) in [7, 11) is 0. The van der Waals surface area contributed by atoms with E-state index in [1.54, 1.807) is 18.2 Å². The van der Waals surface area contributed by atoms with Crippen molar-refractivity contribution in [1.82, 2.24) is 0 Å². The van der Waals surface area contributed by atoms with Gasteiger partial charge in [-0.15, -0.1) is 0 Å². The Morgan fingerprint density at radius 1 is 1.15 bits per heavy atom. The van der Waals surface area contributed by atoms with Gasteiger partial charge in [0.25, 0.3) is 0 Å². The highest BCUT2D eigenvalue weighted by molar-refractivity contribution is 9.10. The Bertz CT molecular complexity index is 472. The van der Waals surface area contributed by atoms with Gasteiger partial charge in [0.15, 0.2) is 5.78 Å². The molecule has 1 rings (SSSR count). The van der Waals surface area contributed by atoms with E-state index in [1.807, 2.05) is 0 Å². The summed E-state index contributed by atoms with van der Waals surface area (Å²) in [6.45, 7) is 2.16. The molecule has 0 atom stereocenters. The Morgan fingerprint density at radius 3 is 2.50 bits per heavy atom. The molecule has 0 aliphatic carbocycles. The van der Waals surface area contributed by atoms with Crippen molar-refractivity contribution in [1.29, 1.82) is 0 Å². The molecule has 0 aliphatic rings. The molecule has 0 amide bonds. The molecular weight excluding hydrogens is 340 g/mol. The number of ketones is 2. The minimum Gasteiger partial charge on any atom is -0.299 e. The van der Waals surface area contributed by atoms with Gasteiger partial charge in [0.05, 0.1) is 11.4 Å². The monoisotopic (exact) mass is 358 g/mol. The largest absolute Gasteiger partial charge is 0.299 e. The molecule has 0 fully saturated rings. The second kappa shape index (κ2) is 9.30. The van der Waals surface area contributed by atoms with Crippen LogP contribution in [-0.2, 0) is 4.79 Å². The maximum Gasteiger partial charge on any atom is 0.171 e. The van der Waals surface area contributed by atoms with E-state index in [4.69, 9.17) is 11.6 Å². The topological polar surface area (TPSA) is 34.1 Å². The lowest BCUT2D eigenvalue weighted by molar-refractivity contribution is -0.118. The number of unbranched alkanes of at least 4 members (excludes halogenated alkanes) is 4. The number of carbonyl (C=O) groups is 2. The molecule has 0 saturated carbocycles. The Balaban J connectivity index is 2.39. The van der Waals surface area contributed by atoms with Crippen molar-refractivity contribution >= 4 is 39.1 Å². The summed E-state index contributed by atoms with van der Waals surface area (Å²) in [5.74, 6) is -0.188. The summed E-state index contributed by atoms with van der Waals surface area (Å²) in [5, 5.41) is 0.389. The fourth-order valence-corrected chi connectivity index (χ4v) is 2.78. The van der Waals surface area contributed by atoms with Gasteiger partial charge in [0.2, 0.25) is 0 Å². The molecule has 0 unspecified atom stereocenters. The standard InChI is InChI=1S/C16H20BrClO2/c1-2-3-4-5-6-7-13(19)11-16(20)14-9-8-12(17)10-15(14)18/h8-10H,2-7,11H2,1H3. The van der Waals surface area contributed by atoms with Crippen LogP contribution in [0.1, 0.15) is 62.2 Å². The molecule has 1 aromatic carbocycles. The van der Waals surface area contributed by atoms with Crippen LogP contribution in [-0.4, -0.2) is 11.6 Å². The minimum absolute atomic E-state index is 0.00508. The molecule has 1 aromatic rings. The van der Waals surface area contributed by atoms with Gasteiger partial charge in [-0.05, 0) is 24.6 Å². The van der Waals surface area contributed by atoms with Crippen LogP contribution in [0.25, 0.3) is 0 Å². The van der Waals surface area contributed by atoms with Crippen molar-refractivity contribution in [2.45, 2.75) is 51.9 Å². The van der Waals surface area contributed by atoms with Crippen LogP contribution in [0.15, 0.2) is 22.7 Å². The van der Waals surface area contributed by atoms with E-state index in [1.165, 1.54) is 12.8 Å². The first-order chi connectivity index (χ1) is 9.54. The van der Waals surface area contributed by atoms with Crippen molar-refractivity contribution < 1.29 is 9.59 Å². The zero-order chi connectivity index (χ0) is 15.0. The van der Waals surface area contributed by atoms with Crippen LogP contribution in [0.2, 0.25) is 5.02 Å². The van der Waals surface area contributed by atoms with Gasteiger partial charge in [-0.25, -0.2) is 0 Å². The van der Waals surface area contributed by atoms with Crippen molar-refractivity contribution in [3.05, 3.63) is 33.3 Å². The predicted octanol–water partition coefficient (Wildman–Crippen LogP) is 5.60. The van der Waals surface area contributed by atoms with Crippen LogP contribution in [0.4, 0.5) is 0 Å². The van der Waals surface area contributed by atoms with Gasteiger partial charge in [-0.2, -0.15) is 0 Å². The summed E-state index contributed by atoms with van der Waals surface area (Å²) in [6, 6.07) is 5.08. The van der Waals surface area contributed by atoms with Crippen LogP contribution in [0, 0.1) is 0 Å². The van der Waals surface area contributed by atoms with Crippen LogP contribution in [0.3, 0.4) is 0 Å². The van der Waals surface area contributed by atoms with E-state index in [0.717, 1.165) is 23.7 Å². The highest BCUT2D eigenvalue weighted by Crippen LogP contribution is 2.22. The molecule has 0 bridgehead atoms. The Labute approximate surface area is 134 Å². The van der Waals surface area contributed by atoms with Crippen molar-refractivity contribution in [3.63, 3.8) is 0 Å². The summed E-state index contributed by atoms with van der Waals surface area (Å²) in [5.41, 5.74) is 0.425. The van der Waals surface area contributed by atoms with Gasteiger partial charge in [-0.3, -0.25) is 9.59 Å². The van der Waals surface area contributed by atoms with E-state index < -0.39 is 0 Å². The number of hydrogen-bond acceptors (Lipinski definition) is 2. The quantitative estimate of drug-likeness (QED) is 0.326. The lowest BCUT2D eigenvalue weighted by Gasteiger charge is -2.04. The average molecular weight is 360 g/mol. The average Bonchev–Trinajstić information content (AvgIpc) is 2.38. The molecule has 0 heterocycles. The van der Waals surface area contributed by atoms with E-state index in [2.05, 4.69) is 22.9 Å². The Morgan fingerprint density at radius 2 is 1.85 bits per heavy atom. The zero-order valence-electron chi connectivity index (χ0n) is 11.8. The normalized spacial score (nSPS) is 10.6. The molecule has 0 saturated heterocycles. The third-order valence-corrected chi connectivity index (χ3v) is 3.95. The van der Waals surface area contributed by atoms with Crippen molar-refractivity contribution in [2.75, 3.05) is 0 Å². The predicted molar refractivity (Wildman–Crippen MR) is 86.5 cm³/mol. The molecule has 110 valence electrons. The number of carbonyl (C=O) groups excluding carboxylic acids is 2. The van der Waals surface area contributed by atoms with Crippen LogP contribution < -0.4 is 0 Å². The molecule has 0 spiro atoms.